The van der Waals surface area contributed by atoms with E-state index in [2.05, 4.69) is 10.2 Å². The van der Waals surface area contributed by atoms with Gasteiger partial charge in [-0.15, -0.1) is 10.2 Å². The molecule has 9 heteroatoms. The summed E-state index contributed by atoms with van der Waals surface area (Å²) in [6.07, 6.45) is 0. The predicted octanol–water partition coefficient (Wildman–Crippen LogP) is 4.90. The SMILES string of the molecule is COc1ccc(CSc2nnc(Sc3ccccc3[N+](=O)[O-])s2)cc1. The first-order chi connectivity index (χ1) is 12.2. The summed E-state index contributed by atoms with van der Waals surface area (Å²) in [5.74, 6) is 1.60. The van der Waals surface area contributed by atoms with Gasteiger partial charge in [-0.05, 0) is 23.8 Å². The van der Waals surface area contributed by atoms with Gasteiger partial charge in [-0.3, -0.25) is 10.1 Å². The fraction of sp³-hybridized carbons (Fsp3) is 0.125. The molecular formula is C16H13N3O3S3. The van der Waals surface area contributed by atoms with Crippen molar-refractivity contribution >= 4 is 40.5 Å². The zero-order chi connectivity index (χ0) is 17.6. The highest BCUT2D eigenvalue weighted by Gasteiger charge is 2.16. The lowest BCUT2D eigenvalue weighted by Crippen LogP contribution is -1.89. The number of aromatic nitrogens is 2. The summed E-state index contributed by atoms with van der Waals surface area (Å²) in [5, 5.41) is 19.3. The molecule has 0 fully saturated rings. The van der Waals surface area contributed by atoms with E-state index in [0.717, 1.165) is 21.4 Å². The highest BCUT2D eigenvalue weighted by molar-refractivity contribution is 8.03. The molecule has 0 radical (unpaired) electrons. The normalized spacial score (nSPS) is 10.6. The van der Waals surface area contributed by atoms with Crippen molar-refractivity contribution in [2.45, 2.75) is 19.3 Å². The summed E-state index contributed by atoms with van der Waals surface area (Å²) >= 11 is 4.28. The molecule has 25 heavy (non-hydrogen) atoms. The molecule has 0 spiro atoms. The summed E-state index contributed by atoms with van der Waals surface area (Å²) in [6.45, 7) is 0. The lowest BCUT2D eigenvalue weighted by molar-refractivity contribution is -0.387. The van der Waals surface area contributed by atoms with Crippen LogP contribution in [0.4, 0.5) is 5.69 Å². The van der Waals surface area contributed by atoms with Gasteiger partial charge in [0.25, 0.3) is 5.69 Å². The first-order valence-corrected chi connectivity index (χ1v) is 9.78. The molecule has 1 heterocycles. The van der Waals surface area contributed by atoms with Crippen LogP contribution in [-0.2, 0) is 5.75 Å². The number of para-hydroxylation sites is 1. The molecule has 0 aliphatic carbocycles. The van der Waals surface area contributed by atoms with Gasteiger partial charge in [0.1, 0.15) is 5.75 Å². The van der Waals surface area contributed by atoms with Gasteiger partial charge in [-0.25, -0.2) is 0 Å². The van der Waals surface area contributed by atoms with E-state index in [4.69, 9.17) is 4.74 Å². The molecule has 0 unspecified atom stereocenters. The molecule has 2 aromatic carbocycles. The Balaban J connectivity index is 1.63. The van der Waals surface area contributed by atoms with Crippen molar-refractivity contribution < 1.29 is 9.66 Å². The molecule has 6 nitrogen and oxygen atoms in total. The van der Waals surface area contributed by atoms with Crippen LogP contribution in [0.25, 0.3) is 0 Å². The van der Waals surface area contributed by atoms with E-state index in [-0.39, 0.29) is 10.6 Å². The van der Waals surface area contributed by atoms with Gasteiger partial charge in [0, 0.05) is 11.8 Å². The number of benzene rings is 2. The maximum atomic E-state index is 11.1. The summed E-state index contributed by atoms with van der Waals surface area (Å²) in [4.78, 5) is 11.2. The van der Waals surface area contributed by atoms with Crippen LogP contribution >= 0.6 is 34.9 Å². The zero-order valence-electron chi connectivity index (χ0n) is 13.1. The molecule has 0 aliphatic rings. The summed E-state index contributed by atoms with van der Waals surface area (Å²) in [6, 6.07) is 14.5. The Morgan fingerprint density at radius 3 is 2.56 bits per heavy atom. The summed E-state index contributed by atoms with van der Waals surface area (Å²) in [5.41, 5.74) is 1.24. The van der Waals surface area contributed by atoms with Gasteiger partial charge < -0.3 is 4.74 Å². The third-order valence-electron chi connectivity index (χ3n) is 3.17. The summed E-state index contributed by atoms with van der Waals surface area (Å²) < 4.78 is 6.66. The lowest BCUT2D eigenvalue weighted by atomic mass is 10.2. The number of methoxy groups -OCH3 is 1. The molecule has 0 saturated heterocycles. The Labute approximate surface area is 156 Å². The molecule has 0 atom stereocenters. The minimum absolute atomic E-state index is 0.0788. The Hall–Kier alpha value is -2.10. The first-order valence-electron chi connectivity index (χ1n) is 7.16. The van der Waals surface area contributed by atoms with Crippen molar-refractivity contribution in [1.82, 2.24) is 10.2 Å². The Bertz CT molecular complexity index is 868. The highest BCUT2D eigenvalue weighted by atomic mass is 32.2. The molecule has 128 valence electrons. The molecule has 0 N–H and O–H groups in total. The van der Waals surface area contributed by atoms with Gasteiger partial charge in [0.05, 0.1) is 16.9 Å². The second kappa shape index (κ2) is 8.32. The Morgan fingerprint density at radius 2 is 1.84 bits per heavy atom. The van der Waals surface area contributed by atoms with E-state index in [1.54, 1.807) is 37.1 Å². The molecule has 0 amide bonds. The smallest absolute Gasteiger partial charge is 0.283 e. The molecule has 0 saturated carbocycles. The van der Waals surface area contributed by atoms with Crippen molar-refractivity contribution in [3.63, 3.8) is 0 Å². The number of nitro benzene ring substituents is 1. The van der Waals surface area contributed by atoms with E-state index in [1.807, 2.05) is 24.3 Å². The van der Waals surface area contributed by atoms with Crippen LogP contribution in [0.5, 0.6) is 5.75 Å². The first kappa shape index (κ1) is 17.7. The van der Waals surface area contributed by atoms with E-state index in [9.17, 15) is 10.1 Å². The van der Waals surface area contributed by atoms with Crippen LogP contribution in [0.3, 0.4) is 0 Å². The topological polar surface area (TPSA) is 78.2 Å². The molecule has 3 rings (SSSR count). The fourth-order valence-corrected chi connectivity index (χ4v) is 4.99. The quantitative estimate of drug-likeness (QED) is 0.322. The Morgan fingerprint density at radius 1 is 1.12 bits per heavy atom. The molecule has 1 aromatic heterocycles. The third kappa shape index (κ3) is 4.71. The standard InChI is InChI=1S/C16H13N3O3S3/c1-22-12-8-6-11(7-9-12)10-23-15-17-18-16(25-15)24-14-5-3-2-4-13(14)19(20)21/h2-9H,10H2,1H3. The minimum atomic E-state index is -0.386. The second-order valence-corrected chi connectivity index (χ2v) is 8.29. The second-order valence-electron chi connectivity index (χ2n) is 4.80. The average Bonchev–Trinajstić information content (AvgIpc) is 3.08. The van der Waals surface area contributed by atoms with Crippen molar-refractivity contribution in [3.05, 3.63) is 64.2 Å². The van der Waals surface area contributed by atoms with Crippen LogP contribution < -0.4 is 4.74 Å². The largest absolute Gasteiger partial charge is 0.497 e. The number of nitrogens with zero attached hydrogens (tertiary/aromatic N) is 3. The fourth-order valence-electron chi connectivity index (χ4n) is 1.95. The monoisotopic (exact) mass is 391 g/mol. The predicted molar refractivity (Wildman–Crippen MR) is 99.7 cm³/mol. The molecular weight excluding hydrogens is 378 g/mol. The number of thioether (sulfide) groups is 1. The maximum absolute atomic E-state index is 11.1. The number of nitro groups is 1. The van der Waals surface area contributed by atoms with Gasteiger partial charge in [-0.1, -0.05) is 59.1 Å². The maximum Gasteiger partial charge on any atom is 0.283 e. The van der Waals surface area contributed by atoms with Gasteiger partial charge in [-0.2, -0.15) is 0 Å². The number of hydrogen-bond donors (Lipinski definition) is 0. The zero-order valence-corrected chi connectivity index (χ0v) is 15.6. The van der Waals surface area contributed by atoms with Crippen molar-refractivity contribution in [3.8, 4) is 5.75 Å². The van der Waals surface area contributed by atoms with E-state index in [0.29, 0.717) is 9.24 Å². The van der Waals surface area contributed by atoms with Crippen LogP contribution in [0.2, 0.25) is 0 Å². The average molecular weight is 391 g/mol. The van der Waals surface area contributed by atoms with Gasteiger partial charge in [0.15, 0.2) is 8.68 Å². The van der Waals surface area contributed by atoms with Crippen molar-refractivity contribution in [1.29, 1.82) is 0 Å². The number of ether oxygens (including phenoxy) is 1. The van der Waals surface area contributed by atoms with Gasteiger partial charge in [0.2, 0.25) is 0 Å². The number of hydrogen-bond acceptors (Lipinski definition) is 8. The van der Waals surface area contributed by atoms with Crippen LogP contribution in [0.1, 0.15) is 5.56 Å². The Kier molecular flexibility index (Phi) is 5.90. The third-order valence-corrected chi connectivity index (χ3v) is 6.41. The van der Waals surface area contributed by atoms with Crippen molar-refractivity contribution in [2.24, 2.45) is 0 Å². The van der Waals surface area contributed by atoms with E-state index in [1.165, 1.54) is 29.2 Å². The van der Waals surface area contributed by atoms with Crippen molar-refractivity contribution in [2.75, 3.05) is 7.11 Å². The van der Waals surface area contributed by atoms with E-state index >= 15 is 0 Å². The molecule has 0 aliphatic heterocycles. The summed E-state index contributed by atoms with van der Waals surface area (Å²) in [7, 11) is 1.64. The highest BCUT2D eigenvalue weighted by Crippen LogP contribution is 2.38. The van der Waals surface area contributed by atoms with Crippen LogP contribution in [-0.4, -0.2) is 22.2 Å². The van der Waals surface area contributed by atoms with E-state index < -0.39 is 0 Å². The van der Waals surface area contributed by atoms with Gasteiger partial charge >= 0.3 is 0 Å². The van der Waals surface area contributed by atoms with Crippen LogP contribution in [0.15, 0.2) is 62.1 Å². The minimum Gasteiger partial charge on any atom is -0.497 e. The van der Waals surface area contributed by atoms with Crippen LogP contribution in [0, 0.1) is 10.1 Å². The molecule has 3 aromatic rings. The lowest BCUT2D eigenvalue weighted by Gasteiger charge is -2.01. The number of rotatable bonds is 7. The molecule has 0 bridgehead atoms.